The highest BCUT2D eigenvalue weighted by Gasteiger charge is 2.10. The summed E-state index contributed by atoms with van der Waals surface area (Å²) >= 11 is 13.9. The average Bonchev–Trinajstić information content (AvgIpc) is 3.08. The highest BCUT2D eigenvalue weighted by Crippen LogP contribution is 2.31. The lowest BCUT2D eigenvalue weighted by molar-refractivity contribution is 1.02. The normalized spacial score (nSPS) is 10.6. The molecule has 124 valence electrons. The summed E-state index contributed by atoms with van der Waals surface area (Å²) in [6.45, 7) is 0.735. The first-order chi connectivity index (χ1) is 11.6. The van der Waals surface area contributed by atoms with E-state index in [1.165, 1.54) is 11.2 Å². The van der Waals surface area contributed by atoms with Crippen molar-refractivity contribution in [2.24, 2.45) is 0 Å². The van der Waals surface area contributed by atoms with Crippen molar-refractivity contribution >= 4 is 57.5 Å². The topological polar surface area (TPSA) is 75.9 Å². The Hall–Kier alpha value is -2.02. The van der Waals surface area contributed by atoms with E-state index in [9.17, 15) is 0 Å². The van der Waals surface area contributed by atoms with Gasteiger partial charge in [-0.05, 0) is 36.1 Å². The molecule has 2 aromatic heterocycles. The molecule has 0 aliphatic rings. The molecule has 24 heavy (non-hydrogen) atoms. The molecule has 0 bridgehead atoms. The number of rotatable bonds is 6. The van der Waals surface area contributed by atoms with Gasteiger partial charge in [0.2, 0.25) is 0 Å². The molecule has 0 saturated heterocycles. The maximum Gasteiger partial charge on any atom is 0.159 e. The van der Waals surface area contributed by atoms with Gasteiger partial charge in [0.25, 0.3) is 0 Å². The minimum Gasteiger partial charge on any atom is -0.393 e. The molecule has 0 atom stereocenters. The molecular formula is C16H15Cl2N5S. The van der Waals surface area contributed by atoms with Crippen LogP contribution in [0.5, 0.6) is 0 Å². The third kappa shape index (κ3) is 4.08. The van der Waals surface area contributed by atoms with Crippen molar-refractivity contribution in [1.82, 2.24) is 9.97 Å². The summed E-state index contributed by atoms with van der Waals surface area (Å²) in [7, 11) is 0. The summed E-state index contributed by atoms with van der Waals surface area (Å²) in [4.78, 5) is 9.68. The molecule has 0 aliphatic carbocycles. The van der Waals surface area contributed by atoms with Crippen molar-refractivity contribution in [2.45, 2.75) is 6.42 Å². The molecular weight excluding hydrogens is 365 g/mol. The molecule has 0 spiro atoms. The van der Waals surface area contributed by atoms with E-state index < -0.39 is 0 Å². The molecule has 0 fully saturated rings. The smallest absolute Gasteiger partial charge is 0.159 e. The lowest BCUT2D eigenvalue weighted by Gasteiger charge is -2.13. The second kappa shape index (κ2) is 7.70. The van der Waals surface area contributed by atoms with Crippen LogP contribution in [0.2, 0.25) is 10.0 Å². The molecule has 3 rings (SSSR count). The van der Waals surface area contributed by atoms with Crippen LogP contribution in [0.1, 0.15) is 4.88 Å². The zero-order valence-corrected chi connectivity index (χ0v) is 14.9. The quantitative estimate of drug-likeness (QED) is 0.571. The van der Waals surface area contributed by atoms with Gasteiger partial charge in [-0.3, -0.25) is 0 Å². The first-order valence-electron chi connectivity index (χ1n) is 7.22. The van der Waals surface area contributed by atoms with Crippen LogP contribution in [0.15, 0.2) is 42.0 Å². The van der Waals surface area contributed by atoms with E-state index in [1.807, 2.05) is 6.07 Å². The lowest BCUT2D eigenvalue weighted by Crippen LogP contribution is -2.10. The SMILES string of the molecule is Nc1c(NCCc2cccs2)ncnc1Nc1cc(Cl)ccc1Cl. The van der Waals surface area contributed by atoms with E-state index in [-0.39, 0.29) is 0 Å². The van der Waals surface area contributed by atoms with Crippen LogP contribution in [0.4, 0.5) is 23.0 Å². The van der Waals surface area contributed by atoms with Crippen molar-refractivity contribution < 1.29 is 0 Å². The van der Waals surface area contributed by atoms with Crippen LogP contribution in [0, 0.1) is 0 Å². The Morgan fingerprint density at radius 1 is 1.12 bits per heavy atom. The number of benzene rings is 1. The Morgan fingerprint density at radius 3 is 2.75 bits per heavy atom. The fourth-order valence-corrected chi connectivity index (χ4v) is 3.16. The zero-order valence-electron chi connectivity index (χ0n) is 12.6. The number of hydrogen-bond acceptors (Lipinski definition) is 6. The molecule has 0 amide bonds. The van der Waals surface area contributed by atoms with Gasteiger partial charge in [-0.25, -0.2) is 9.97 Å². The predicted molar refractivity (Wildman–Crippen MR) is 103 cm³/mol. The Morgan fingerprint density at radius 2 is 1.96 bits per heavy atom. The molecule has 2 heterocycles. The third-order valence-corrected chi connectivity index (χ3v) is 4.81. The zero-order chi connectivity index (χ0) is 16.9. The number of aromatic nitrogens is 2. The summed E-state index contributed by atoms with van der Waals surface area (Å²) in [6, 6.07) is 9.29. The van der Waals surface area contributed by atoms with Crippen molar-refractivity contribution in [1.29, 1.82) is 0 Å². The minimum atomic E-state index is 0.430. The summed E-state index contributed by atoms with van der Waals surface area (Å²) in [6.07, 6.45) is 2.36. The number of nitrogens with two attached hydrogens (primary N) is 1. The number of halogens is 2. The van der Waals surface area contributed by atoms with E-state index in [4.69, 9.17) is 28.9 Å². The standard InChI is InChI=1S/C16H15Cl2N5S/c17-10-3-4-12(18)13(8-10)23-16-14(19)15(21-9-22-16)20-6-5-11-2-1-7-24-11/h1-4,7-9H,5-6,19H2,(H2,20,21,22,23). The fraction of sp³-hybridized carbons (Fsp3) is 0.125. The molecule has 0 unspecified atom stereocenters. The van der Waals surface area contributed by atoms with E-state index in [1.54, 1.807) is 29.5 Å². The van der Waals surface area contributed by atoms with Crippen LogP contribution in [-0.2, 0) is 6.42 Å². The number of anilines is 4. The van der Waals surface area contributed by atoms with Crippen molar-refractivity contribution in [3.8, 4) is 0 Å². The van der Waals surface area contributed by atoms with Crippen molar-refractivity contribution in [2.75, 3.05) is 22.9 Å². The van der Waals surface area contributed by atoms with Crippen molar-refractivity contribution in [3.05, 3.63) is 57.0 Å². The number of thiophene rings is 1. The van der Waals surface area contributed by atoms with Crippen LogP contribution < -0.4 is 16.4 Å². The maximum absolute atomic E-state index is 6.16. The van der Waals surface area contributed by atoms with Gasteiger partial charge in [0, 0.05) is 16.4 Å². The molecule has 0 aliphatic heterocycles. The molecule has 0 radical (unpaired) electrons. The van der Waals surface area contributed by atoms with Gasteiger partial charge in [0.1, 0.15) is 12.0 Å². The van der Waals surface area contributed by atoms with Crippen LogP contribution >= 0.6 is 34.5 Å². The Bertz CT molecular complexity index is 823. The van der Waals surface area contributed by atoms with Gasteiger partial charge in [-0.2, -0.15) is 0 Å². The molecule has 0 saturated carbocycles. The summed E-state index contributed by atoms with van der Waals surface area (Å²) in [5.41, 5.74) is 7.22. The first kappa shape index (κ1) is 16.8. The summed E-state index contributed by atoms with van der Waals surface area (Å²) in [5, 5.41) is 9.50. The molecule has 8 heteroatoms. The predicted octanol–water partition coefficient (Wildman–Crippen LogP) is 4.83. The molecule has 1 aromatic carbocycles. The highest BCUT2D eigenvalue weighted by molar-refractivity contribution is 7.09. The monoisotopic (exact) mass is 379 g/mol. The van der Waals surface area contributed by atoms with Gasteiger partial charge < -0.3 is 16.4 Å². The van der Waals surface area contributed by atoms with E-state index in [0.29, 0.717) is 33.1 Å². The second-order valence-electron chi connectivity index (χ2n) is 4.99. The average molecular weight is 380 g/mol. The van der Waals surface area contributed by atoms with E-state index >= 15 is 0 Å². The number of nitrogens with one attached hydrogen (secondary N) is 2. The Labute approximate surface area is 153 Å². The van der Waals surface area contributed by atoms with Gasteiger partial charge in [0.05, 0.1) is 10.7 Å². The van der Waals surface area contributed by atoms with Gasteiger partial charge in [-0.15, -0.1) is 11.3 Å². The van der Waals surface area contributed by atoms with E-state index in [2.05, 4.69) is 32.0 Å². The van der Waals surface area contributed by atoms with Gasteiger partial charge in [0.15, 0.2) is 11.6 Å². The Kier molecular flexibility index (Phi) is 5.40. The molecule has 5 nitrogen and oxygen atoms in total. The first-order valence-corrected chi connectivity index (χ1v) is 8.86. The van der Waals surface area contributed by atoms with E-state index in [0.717, 1.165) is 13.0 Å². The molecule has 3 aromatic rings. The van der Waals surface area contributed by atoms with Crippen LogP contribution in [0.25, 0.3) is 0 Å². The largest absolute Gasteiger partial charge is 0.393 e. The number of hydrogen-bond donors (Lipinski definition) is 3. The summed E-state index contributed by atoms with van der Waals surface area (Å²) < 4.78 is 0. The maximum atomic E-state index is 6.16. The van der Waals surface area contributed by atoms with Gasteiger partial charge in [-0.1, -0.05) is 29.3 Å². The number of nitrogens with zero attached hydrogens (tertiary/aromatic N) is 2. The third-order valence-electron chi connectivity index (χ3n) is 3.31. The van der Waals surface area contributed by atoms with Crippen LogP contribution in [0.3, 0.4) is 0 Å². The lowest BCUT2D eigenvalue weighted by atomic mass is 10.3. The Balaban J connectivity index is 1.71. The van der Waals surface area contributed by atoms with Gasteiger partial charge >= 0.3 is 0 Å². The highest BCUT2D eigenvalue weighted by atomic mass is 35.5. The molecule has 4 N–H and O–H groups in total. The fourth-order valence-electron chi connectivity index (χ4n) is 2.12. The van der Waals surface area contributed by atoms with Crippen LogP contribution in [-0.4, -0.2) is 16.5 Å². The minimum absolute atomic E-state index is 0.430. The summed E-state index contributed by atoms with van der Waals surface area (Å²) in [5.74, 6) is 1.06. The van der Waals surface area contributed by atoms with Crippen molar-refractivity contribution in [3.63, 3.8) is 0 Å². The second-order valence-corrected chi connectivity index (χ2v) is 6.87. The number of nitrogen functional groups attached to an aromatic ring is 1.